The highest BCUT2D eigenvalue weighted by Crippen LogP contribution is 2.20. The van der Waals surface area contributed by atoms with E-state index in [0.717, 1.165) is 19.6 Å². The second-order valence-electron chi connectivity index (χ2n) is 3.58. The Hall–Kier alpha value is -0.580. The van der Waals surface area contributed by atoms with E-state index in [2.05, 4.69) is 20.6 Å². The maximum absolute atomic E-state index is 5.92. The molecule has 0 saturated carbocycles. The van der Waals surface area contributed by atoms with E-state index in [4.69, 9.17) is 23.2 Å². The summed E-state index contributed by atoms with van der Waals surface area (Å²) in [6, 6.07) is 0. The van der Waals surface area contributed by atoms with Crippen LogP contribution in [0.4, 0.5) is 5.82 Å². The molecule has 0 spiro atoms. The summed E-state index contributed by atoms with van der Waals surface area (Å²) in [6.07, 6.45) is 2.69. The van der Waals surface area contributed by atoms with Crippen LogP contribution in [0.15, 0.2) is 6.20 Å². The van der Waals surface area contributed by atoms with Crippen LogP contribution in [0.5, 0.6) is 0 Å². The highest BCUT2D eigenvalue weighted by Gasteiger charge is 2.14. The number of rotatable bonds is 3. The van der Waals surface area contributed by atoms with Gasteiger partial charge >= 0.3 is 0 Å². The van der Waals surface area contributed by atoms with E-state index in [1.165, 1.54) is 12.6 Å². The number of nitrogens with zero attached hydrogens (tertiary/aromatic N) is 2. The molecule has 1 aromatic heterocycles. The predicted octanol–water partition coefficient (Wildman–Crippen LogP) is 1.80. The SMILES string of the molecule is Clc1ncc(Cl)c(NC[C@H]2CCNC2)n1. The lowest BCUT2D eigenvalue weighted by Crippen LogP contribution is -2.18. The fourth-order valence-corrected chi connectivity index (χ4v) is 1.89. The van der Waals surface area contributed by atoms with Crippen LogP contribution in [0.2, 0.25) is 10.3 Å². The van der Waals surface area contributed by atoms with E-state index in [-0.39, 0.29) is 5.28 Å². The second-order valence-corrected chi connectivity index (χ2v) is 4.32. The van der Waals surface area contributed by atoms with Gasteiger partial charge in [-0.25, -0.2) is 4.98 Å². The van der Waals surface area contributed by atoms with Gasteiger partial charge < -0.3 is 10.6 Å². The molecule has 82 valence electrons. The Kier molecular flexibility index (Phi) is 3.61. The van der Waals surface area contributed by atoms with E-state index in [1.54, 1.807) is 0 Å². The molecule has 0 amide bonds. The number of anilines is 1. The molecule has 1 aliphatic heterocycles. The van der Waals surface area contributed by atoms with Gasteiger partial charge in [0, 0.05) is 6.54 Å². The highest BCUT2D eigenvalue weighted by molar-refractivity contribution is 6.33. The minimum absolute atomic E-state index is 0.214. The summed E-state index contributed by atoms with van der Waals surface area (Å²) in [5.41, 5.74) is 0. The molecule has 0 aliphatic carbocycles. The quantitative estimate of drug-likeness (QED) is 0.800. The third kappa shape index (κ3) is 2.93. The maximum atomic E-state index is 5.92. The summed E-state index contributed by atoms with van der Waals surface area (Å²) in [6.45, 7) is 2.99. The molecular weight excluding hydrogens is 235 g/mol. The van der Waals surface area contributed by atoms with Gasteiger partial charge in [-0.15, -0.1) is 0 Å². The maximum Gasteiger partial charge on any atom is 0.224 e. The Morgan fingerprint density at radius 3 is 3.13 bits per heavy atom. The zero-order valence-corrected chi connectivity index (χ0v) is 9.65. The normalized spacial score (nSPS) is 20.5. The van der Waals surface area contributed by atoms with Crippen molar-refractivity contribution in [2.75, 3.05) is 25.0 Å². The zero-order valence-electron chi connectivity index (χ0n) is 8.13. The molecule has 4 nitrogen and oxygen atoms in total. The largest absolute Gasteiger partial charge is 0.368 e. The zero-order chi connectivity index (χ0) is 10.7. The lowest BCUT2D eigenvalue weighted by molar-refractivity contribution is 0.614. The molecule has 1 aromatic rings. The molecule has 2 heterocycles. The van der Waals surface area contributed by atoms with E-state index in [0.29, 0.717) is 16.8 Å². The minimum atomic E-state index is 0.214. The summed E-state index contributed by atoms with van der Waals surface area (Å²) >= 11 is 11.6. The molecule has 1 saturated heterocycles. The molecule has 1 atom stereocenters. The molecule has 0 aromatic carbocycles. The predicted molar refractivity (Wildman–Crippen MR) is 61.5 cm³/mol. The van der Waals surface area contributed by atoms with E-state index in [9.17, 15) is 0 Å². The van der Waals surface area contributed by atoms with Crippen LogP contribution in [-0.2, 0) is 0 Å². The molecule has 1 fully saturated rings. The summed E-state index contributed by atoms with van der Waals surface area (Å²) in [7, 11) is 0. The molecule has 0 unspecified atom stereocenters. The fraction of sp³-hybridized carbons (Fsp3) is 0.556. The standard InChI is InChI=1S/C9H12Cl2N4/c10-7-5-14-9(11)15-8(7)13-4-6-1-2-12-3-6/h5-6,12H,1-4H2,(H,13,14,15)/t6-/m0/s1. The summed E-state index contributed by atoms with van der Waals surface area (Å²) in [5.74, 6) is 1.25. The van der Waals surface area contributed by atoms with Crippen LogP contribution in [0.1, 0.15) is 6.42 Å². The number of hydrogen-bond donors (Lipinski definition) is 2. The van der Waals surface area contributed by atoms with Gasteiger partial charge in [-0.05, 0) is 37.0 Å². The van der Waals surface area contributed by atoms with Crippen molar-refractivity contribution in [2.24, 2.45) is 5.92 Å². The number of halogens is 2. The van der Waals surface area contributed by atoms with Crippen molar-refractivity contribution >= 4 is 29.0 Å². The van der Waals surface area contributed by atoms with Crippen LogP contribution in [0.25, 0.3) is 0 Å². The monoisotopic (exact) mass is 246 g/mol. The number of hydrogen-bond acceptors (Lipinski definition) is 4. The average molecular weight is 247 g/mol. The van der Waals surface area contributed by atoms with Gasteiger partial charge in [-0.1, -0.05) is 11.6 Å². The first kappa shape index (κ1) is 10.9. The van der Waals surface area contributed by atoms with Crippen molar-refractivity contribution in [3.63, 3.8) is 0 Å². The first-order chi connectivity index (χ1) is 7.25. The van der Waals surface area contributed by atoms with Crippen LogP contribution < -0.4 is 10.6 Å². The van der Waals surface area contributed by atoms with E-state index >= 15 is 0 Å². The van der Waals surface area contributed by atoms with Crippen molar-refractivity contribution < 1.29 is 0 Å². The summed E-state index contributed by atoms with van der Waals surface area (Å²) < 4.78 is 0. The molecule has 0 bridgehead atoms. The number of nitrogens with one attached hydrogen (secondary N) is 2. The Labute approximate surface area is 98.4 Å². The molecule has 6 heteroatoms. The van der Waals surface area contributed by atoms with E-state index in [1.807, 2.05) is 0 Å². The van der Waals surface area contributed by atoms with Crippen molar-refractivity contribution in [1.82, 2.24) is 15.3 Å². The van der Waals surface area contributed by atoms with Crippen molar-refractivity contribution in [2.45, 2.75) is 6.42 Å². The lowest BCUT2D eigenvalue weighted by atomic mass is 10.1. The molecule has 2 rings (SSSR count). The Morgan fingerprint density at radius 1 is 1.53 bits per heavy atom. The minimum Gasteiger partial charge on any atom is -0.368 e. The first-order valence-corrected chi connectivity index (χ1v) is 5.64. The molecule has 0 radical (unpaired) electrons. The van der Waals surface area contributed by atoms with Crippen molar-refractivity contribution in [1.29, 1.82) is 0 Å². The lowest BCUT2D eigenvalue weighted by Gasteiger charge is -2.11. The van der Waals surface area contributed by atoms with Gasteiger partial charge in [-0.3, -0.25) is 0 Å². The van der Waals surface area contributed by atoms with Crippen LogP contribution in [0.3, 0.4) is 0 Å². The smallest absolute Gasteiger partial charge is 0.224 e. The third-order valence-corrected chi connectivity index (χ3v) is 2.89. The molecule has 15 heavy (non-hydrogen) atoms. The van der Waals surface area contributed by atoms with Crippen molar-refractivity contribution in [3.8, 4) is 0 Å². The van der Waals surface area contributed by atoms with Gasteiger partial charge in [0.2, 0.25) is 5.28 Å². The molecular formula is C9H12Cl2N4. The van der Waals surface area contributed by atoms with E-state index < -0.39 is 0 Å². The van der Waals surface area contributed by atoms with Gasteiger partial charge in [-0.2, -0.15) is 4.98 Å². The fourth-order valence-electron chi connectivity index (χ4n) is 1.60. The van der Waals surface area contributed by atoms with Gasteiger partial charge in [0.05, 0.1) is 6.20 Å². The second kappa shape index (κ2) is 4.96. The van der Waals surface area contributed by atoms with Crippen LogP contribution in [-0.4, -0.2) is 29.6 Å². The molecule has 2 N–H and O–H groups in total. The summed E-state index contributed by atoms with van der Waals surface area (Å²) in [5, 5.41) is 7.21. The Balaban J connectivity index is 1.94. The van der Waals surface area contributed by atoms with Crippen molar-refractivity contribution in [3.05, 3.63) is 16.5 Å². The third-order valence-electron chi connectivity index (χ3n) is 2.44. The first-order valence-electron chi connectivity index (χ1n) is 4.88. The summed E-state index contributed by atoms with van der Waals surface area (Å²) in [4.78, 5) is 7.81. The van der Waals surface area contributed by atoms with Gasteiger partial charge in [0.1, 0.15) is 10.8 Å². The Morgan fingerprint density at radius 2 is 2.40 bits per heavy atom. The Bertz CT molecular complexity index is 339. The molecule has 1 aliphatic rings. The van der Waals surface area contributed by atoms with Crippen LogP contribution in [0, 0.1) is 5.92 Å². The van der Waals surface area contributed by atoms with Crippen LogP contribution >= 0.6 is 23.2 Å². The average Bonchev–Trinajstić information content (AvgIpc) is 2.72. The highest BCUT2D eigenvalue weighted by atomic mass is 35.5. The number of aromatic nitrogens is 2. The van der Waals surface area contributed by atoms with Gasteiger partial charge in [0.15, 0.2) is 0 Å². The topological polar surface area (TPSA) is 49.8 Å². The van der Waals surface area contributed by atoms with Gasteiger partial charge in [0.25, 0.3) is 0 Å².